The van der Waals surface area contributed by atoms with Crippen LogP contribution >= 0.6 is 0 Å². The maximum absolute atomic E-state index is 5.49. The summed E-state index contributed by atoms with van der Waals surface area (Å²) in [6, 6.07) is 54.6. The van der Waals surface area contributed by atoms with Crippen LogP contribution in [0.15, 0.2) is 152 Å². The van der Waals surface area contributed by atoms with Gasteiger partial charge in [0.15, 0.2) is 5.82 Å². The summed E-state index contributed by atoms with van der Waals surface area (Å²) in [5.41, 5.74) is 9.16. The molecular formula is C44H31N3Si. The van der Waals surface area contributed by atoms with Gasteiger partial charge in [0, 0.05) is 33.2 Å². The molecule has 1 aliphatic heterocycles. The molecule has 0 saturated heterocycles. The fourth-order valence-electron chi connectivity index (χ4n) is 8.30. The van der Waals surface area contributed by atoms with Gasteiger partial charge in [-0.1, -0.05) is 134 Å². The van der Waals surface area contributed by atoms with E-state index in [2.05, 4.69) is 169 Å². The van der Waals surface area contributed by atoms with Crippen molar-refractivity contribution in [3.8, 4) is 39.6 Å². The quantitative estimate of drug-likeness (QED) is 0.144. The second-order valence-corrected chi connectivity index (χ2v) is 17.6. The van der Waals surface area contributed by atoms with Gasteiger partial charge in [0.25, 0.3) is 0 Å². The first-order chi connectivity index (χ1) is 23.6. The molecule has 48 heavy (non-hydrogen) atoms. The molecule has 3 nitrogen and oxygen atoms in total. The summed E-state index contributed by atoms with van der Waals surface area (Å²) in [7, 11) is -2.31. The summed E-state index contributed by atoms with van der Waals surface area (Å²) in [6.07, 6.45) is 0. The van der Waals surface area contributed by atoms with Gasteiger partial charge in [-0.05, 0) is 62.3 Å². The molecule has 3 heterocycles. The molecule has 7 aromatic carbocycles. The molecule has 0 atom stereocenters. The van der Waals surface area contributed by atoms with E-state index in [0.29, 0.717) is 0 Å². The zero-order chi connectivity index (χ0) is 32.0. The molecule has 0 N–H and O–H groups in total. The normalized spacial score (nSPS) is 13.4. The number of aromatic nitrogens is 3. The molecule has 10 rings (SSSR count). The SMILES string of the molecule is C[Si]1(C)c2c(-c3ccc4c(c3)c3ccccc3n4-c3ccccc3)nc(-c3ccccc3)nc2-c2c1c1ccccc1c1ccccc21. The van der Waals surface area contributed by atoms with Crippen molar-refractivity contribution in [2.75, 3.05) is 0 Å². The molecular weight excluding hydrogens is 599 g/mol. The number of rotatable bonds is 3. The van der Waals surface area contributed by atoms with Gasteiger partial charge in [0.2, 0.25) is 0 Å². The smallest absolute Gasteiger partial charge is 0.160 e. The van der Waals surface area contributed by atoms with E-state index < -0.39 is 8.07 Å². The lowest BCUT2D eigenvalue weighted by molar-refractivity contribution is 1.18. The highest BCUT2D eigenvalue weighted by atomic mass is 28.3. The van der Waals surface area contributed by atoms with Crippen LogP contribution in [0.4, 0.5) is 0 Å². The summed E-state index contributed by atoms with van der Waals surface area (Å²) in [5.74, 6) is 0.769. The van der Waals surface area contributed by atoms with Crippen molar-refractivity contribution in [1.29, 1.82) is 0 Å². The minimum atomic E-state index is -2.31. The Morgan fingerprint density at radius 3 is 1.75 bits per heavy atom. The highest BCUT2D eigenvalue weighted by Crippen LogP contribution is 2.42. The maximum Gasteiger partial charge on any atom is 0.160 e. The Bertz CT molecular complexity index is 2740. The first-order valence-corrected chi connectivity index (χ1v) is 19.6. The van der Waals surface area contributed by atoms with Crippen molar-refractivity contribution >= 4 is 61.8 Å². The number of nitrogens with zero attached hydrogens (tertiary/aromatic N) is 3. The Labute approximate surface area is 279 Å². The van der Waals surface area contributed by atoms with Crippen LogP contribution in [0.1, 0.15) is 0 Å². The van der Waals surface area contributed by atoms with Crippen LogP contribution in [-0.2, 0) is 0 Å². The van der Waals surface area contributed by atoms with Crippen LogP contribution in [0.25, 0.3) is 82.9 Å². The van der Waals surface area contributed by atoms with Gasteiger partial charge in [-0.25, -0.2) is 9.97 Å². The summed E-state index contributed by atoms with van der Waals surface area (Å²) < 4.78 is 2.38. The van der Waals surface area contributed by atoms with Crippen LogP contribution in [0.5, 0.6) is 0 Å². The fourth-order valence-corrected chi connectivity index (χ4v) is 11.9. The van der Waals surface area contributed by atoms with Crippen molar-refractivity contribution in [3.63, 3.8) is 0 Å². The number of benzene rings is 7. The van der Waals surface area contributed by atoms with Crippen LogP contribution < -0.4 is 10.4 Å². The summed E-state index contributed by atoms with van der Waals surface area (Å²) in [4.78, 5) is 11.0. The van der Waals surface area contributed by atoms with E-state index in [1.165, 1.54) is 59.3 Å². The molecule has 0 aliphatic carbocycles. The van der Waals surface area contributed by atoms with Crippen molar-refractivity contribution in [1.82, 2.24) is 14.5 Å². The van der Waals surface area contributed by atoms with Gasteiger partial charge in [-0.15, -0.1) is 0 Å². The van der Waals surface area contributed by atoms with Crippen molar-refractivity contribution in [3.05, 3.63) is 152 Å². The number of hydrogen-bond donors (Lipinski definition) is 0. The fraction of sp³-hybridized carbons (Fsp3) is 0.0455. The molecule has 1 aliphatic rings. The summed E-state index contributed by atoms with van der Waals surface area (Å²) >= 11 is 0. The lowest BCUT2D eigenvalue weighted by Crippen LogP contribution is -2.50. The van der Waals surface area contributed by atoms with Crippen molar-refractivity contribution < 1.29 is 0 Å². The summed E-state index contributed by atoms with van der Waals surface area (Å²) in [6.45, 7) is 4.99. The van der Waals surface area contributed by atoms with Crippen LogP contribution in [0.2, 0.25) is 13.1 Å². The first kappa shape index (κ1) is 27.3. The molecule has 0 spiro atoms. The summed E-state index contributed by atoms with van der Waals surface area (Å²) in [5, 5.41) is 10.5. The molecule has 0 fully saturated rings. The van der Waals surface area contributed by atoms with E-state index in [1.807, 2.05) is 0 Å². The van der Waals surface area contributed by atoms with E-state index in [9.17, 15) is 0 Å². The second-order valence-electron chi connectivity index (χ2n) is 13.4. The first-order valence-electron chi connectivity index (χ1n) is 16.6. The number of hydrogen-bond acceptors (Lipinski definition) is 2. The van der Waals surface area contributed by atoms with Gasteiger partial charge in [-0.2, -0.15) is 0 Å². The highest BCUT2D eigenvalue weighted by molar-refractivity contribution is 7.06. The van der Waals surface area contributed by atoms with Gasteiger partial charge >= 0.3 is 0 Å². The second kappa shape index (κ2) is 10.1. The lowest BCUT2D eigenvalue weighted by Gasteiger charge is -2.23. The monoisotopic (exact) mass is 629 g/mol. The maximum atomic E-state index is 5.49. The topological polar surface area (TPSA) is 30.7 Å². The molecule has 0 unspecified atom stereocenters. The molecule has 0 radical (unpaired) electrons. The molecule has 4 heteroatoms. The average Bonchev–Trinajstić information content (AvgIpc) is 3.60. The molecule has 9 aromatic rings. The number of para-hydroxylation sites is 2. The van der Waals surface area contributed by atoms with Crippen LogP contribution in [-0.4, -0.2) is 22.6 Å². The van der Waals surface area contributed by atoms with Gasteiger partial charge in [-0.3, -0.25) is 0 Å². The zero-order valence-corrected chi connectivity index (χ0v) is 27.8. The van der Waals surface area contributed by atoms with Gasteiger partial charge < -0.3 is 4.57 Å². The molecule has 2 aromatic heterocycles. The Hall–Kier alpha value is -5.84. The van der Waals surface area contributed by atoms with E-state index in [4.69, 9.17) is 9.97 Å². The van der Waals surface area contributed by atoms with Crippen LogP contribution in [0.3, 0.4) is 0 Å². The standard InChI is InChI=1S/C44H31N3Si/c1-48(2)42-35-23-12-10-20-32(35)31-19-9-11-22-34(31)39(42)41-43(48)40(45-44(46-41)28-15-5-3-6-16-28)29-25-26-38-36(27-29)33-21-13-14-24-37(33)47(38)30-17-7-4-8-18-30/h3-27H,1-2H3. The number of fused-ring (bicyclic) bond motifs is 11. The predicted molar refractivity (Wildman–Crippen MR) is 204 cm³/mol. The Balaban J connectivity index is 1.32. The Morgan fingerprint density at radius 2 is 1.00 bits per heavy atom. The third-order valence-electron chi connectivity index (χ3n) is 10.3. The van der Waals surface area contributed by atoms with E-state index in [-0.39, 0.29) is 0 Å². The minimum absolute atomic E-state index is 0.769. The molecule has 0 bridgehead atoms. The largest absolute Gasteiger partial charge is 0.309 e. The van der Waals surface area contributed by atoms with Gasteiger partial charge in [0.05, 0.1) is 22.4 Å². The van der Waals surface area contributed by atoms with E-state index >= 15 is 0 Å². The minimum Gasteiger partial charge on any atom is -0.309 e. The third-order valence-corrected chi connectivity index (χ3v) is 13.8. The van der Waals surface area contributed by atoms with Crippen LogP contribution in [0, 0.1) is 0 Å². The lowest BCUT2D eigenvalue weighted by atomic mass is 9.95. The van der Waals surface area contributed by atoms with E-state index in [0.717, 1.165) is 34.0 Å². The Kier molecular flexibility index (Phi) is 5.73. The molecule has 0 saturated carbocycles. The Morgan fingerprint density at radius 1 is 0.438 bits per heavy atom. The molecule has 0 amide bonds. The third kappa shape index (κ3) is 3.75. The molecule has 226 valence electrons. The predicted octanol–water partition coefficient (Wildman–Crippen LogP) is 10.0. The van der Waals surface area contributed by atoms with Crippen molar-refractivity contribution in [2.45, 2.75) is 13.1 Å². The van der Waals surface area contributed by atoms with Crippen molar-refractivity contribution in [2.24, 2.45) is 0 Å². The average molecular weight is 630 g/mol. The van der Waals surface area contributed by atoms with Gasteiger partial charge in [0.1, 0.15) is 8.07 Å². The highest BCUT2D eigenvalue weighted by Gasteiger charge is 2.44. The van der Waals surface area contributed by atoms with E-state index in [1.54, 1.807) is 0 Å². The zero-order valence-electron chi connectivity index (χ0n) is 26.8.